The van der Waals surface area contributed by atoms with E-state index < -0.39 is 0 Å². The van der Waals surface area contributed by atoms with Crippen molar-refractivity contribution in [2.45, 2.75) is 51.5 Å². The van der Waals surface area contributed by atoms with E-state index >= 15 is 0 Å². The van der Waals surface area contributed by atoms with Gasteiger partial charge in [0.2, 0.25) is 5.13 Å². The molecule has 8 heteroatoms. The lowest BCUT2D eigenvalue weighted by molar-refractivity contribution is 0.102. The maximum atomic E-state index is 12.2. The molecule has 1 saturated carbocycles. The van der Waals surface area contributed by atoms with E-state index in [0.29, 0.717) is 22.8 Å². The van der Waals surface area contributed by atoms with Gasteiger partial charge in [-0.05, 0) is 12.8 Å². The summed E-state index contributed by atoms with van der Waals surface area (Å²) in [5.41, 5.74) is 0.423. The quantitative estimate of drug-likeness (QED) is 0.869. The molecule has 2 N–H and O–H groups in total. The van der Waals surface area contributed by atoms with Crippen molar-refractivity contribution in [3.63, 3.8) is 0 Å². The van der Waals surface area contributed by atoms with Crippen LogP contribution in [0.1, 0.15) is 60.9 Å². The molecule has 118 valence electrons. The molecule has 0 unspecified atom stereocenters. The zero-order valence-electron chi connectivity index (χ0n) is 12.6. The highest BCUT2D eigenvalue weighted by Crippen LogP contribution is 2.25. The molecule has 6 nitrogen and oxygen atoms in total. The fourth-order valence-corrected chi connectivity index (χ4v) is 3.88. The second-order valence-corrected chi connectivity index (χ2v) is 7.59. The number of rotatable bonds is 5. The molecule has 22 heavy (non-hydrogen) atoms. The largest absolute Gasteiger partial charge is 0.359 e. The highest BCUT2D eigenvalue weighted by atomic mass is 32.1. The molecule has 1 amide bonds. The zero-order chi connectivity index (χ0) is 15.5. The van der Waals surface area contributed by atoms with Crippen molar-refractivity contribution >= 4 is 38.8 Å². The Morgan fingerprint density at radius 1 is 1.27 bits per heavy atom. The number of nitrogens with zero attached hydrogens (tertiary/aromatic N) is 3. The van der Waals surface area contributed by atoms with Crippen LogP contribution in [0, 0.1) is 0 Å². The molecule has 2 heterocycles. The highest BCUT2D eigenvalue weighted by molar-refractivity contribution is 7.15. The summed E-state index contributed by atoms with van der Waals surface area (Å²) in [4.78, 5) is 16.6. The Labute approximate surface area is 137 Å². The lowest BCUT2D eigenvalue weighted by Gasteiger charge is -2.09. The molecule has 2 aromatic rings. The Hall–Kier alpha value is -1.54. The van der Waals surface area contributed by atoms with Gasteiger partial charge >= 0.3 is 0 Å². The minimum absolute atomic E-state index is 0.234. The molecule has 0 spiro atoms. The summed E-state index contributed by atoms with van der Waals surface area (Å²) in [5.74, 6) is 0.0758. The van der Waals surface area contributed by atoms with Gasteiger partial charge in [-0.1, -0.05) is 38.0 Å². The summed E-state index contributed by atoms with van der Waals surface area (Å²) >= 11 is 2.87. The Balaban J connectivity index is 1.60. The first kappa shape index (κ1) is 15.4. The van der Waals surface area contributed by atoms with Crippen LogP contribution in [-0.4, -0.2) is 27.1 Å². The number of carbonyl (C=O) groups is 1. The molecule has 1 aliphatic rings. The van der Waals surface area contributed by atoms with Crippen LogP contribution in [0.4, 0.5) is 10.3 Å². The van der Waals surface area contributed by atoms with Crippen molar-refractivity contribution in [3.05, 3.63) is 16.1 Å². The van der Waals surface area contributed by atoms with Crippen molar-refractivity contribution in [2.75, 3.05) is 10.6 Å². The predicted molar refractivity (Wildman–Crippen MR) is 89.9 cm³/mol. The second kappa shape index (κ2) is 6.70. The number of amides is 1. The van der Waals surface area contributed by atoms with Gasteiger partial charge in [0, 0.05) is 17.3 Å². The first-order chi connectivity index (χ1) is 10.6. The maximum absolute atomic E-state index is 12.2. The Kier molecular flexibility index (Phi) is 4.68. The van der Waals surface area contributed by atoms with Gasteiger partial charge < -0.3 is 5.32 Å². The molecule has 3 rings (SSSR count). The standard InChI is InChI=1S/C14H19N5OS2/c1-8(2)12-18-19-14(22-12)17-11(20)10-7-21-13(16-10)15-9-5-3-4-6-9/h7-9H,3-6H2,1-2H3,(H,15,16)(H,17,19,20). The molecule has 0 aromatic carbocycles. The van der Waals surface area contributed by atoms with Crippen LogP contribution in [0.15, 0.2) is 5.38 Å². The van der Waals surface area contributed by atoms with Crippen LogP contribution in [0.3, 0.4) is 0 Å². The third-order valence-corrected chi connectivity index (χ3v) is 5.49. The van der Waals surface area contributed by atoms with Crippen molar-refractivity contribution in [1.82, 2.24) is 15.2 Å². The fourth-order valence-electron chi connectivity index (χ4n) is 2.37. The summed E-state index contributed by atoms with van der Waals surface area (Å²) in [7, 11) is 0. The molecular weight excluding hydrogens is 318 g/mol. The van der Waals surface area contributed by atoms with E-state index in [-0.39, 0.29) is 5.91 Å². The fraction of sp³-hybridized carbons (Fsp3) is 0.571. The average molecular weight is 337 g/mol. The van der Waals surface area contributed by atoms with E-state index in [9.17, 15) is 4.79 Å². The number of nitrogens with one attached hydrogen (secondary N) is 2. The van der Waals surface area contributed by atoms with Gasteiger partial charge in [-0.25, -0.2) is 4.98 Å². The van der Waals surface area contributed by atoms with Gasteiger partial charge in [0.25, 0.3) is 5.91 Å². The van der Waals surface area contributed by atoms with Crippen LogP contribution in [0.25, 0.3) is 0 Å². The number of hydrogen-bond acceptors (Lipinski definition) is 7. The van der Waals surface area contributed by atoms with Gasteiger partial charge in [-0.2, -0.15) is 0 Å². The smallest absolute Gasteiger partial charge is 0.277 e. The molecule has 2 aromatic heterocycles. The first-order valence-corrected chi connectivity index (χ1v) is 9.18. The summed E-state index contributed by atoms with van der Waals surface area (Å²) in [6, 6.07) is 0.499. The third kappa shape index (κ3) is 3.61. The van der Waals surface area contributed by atoms with E-state index in [1.54, 1.807) is 5.38 Å². The number of hydrogen-bond donors (Lipinski definition) is 2. The van der Waals surface area contributed by atoms with Crippen LogP contribution >= 0.6 is 22.7 Å². The predicted octanol–water partition coefficient (Wildman–Crippen LogP) is 3.72. The third-order valence-electron chi connectivity index (χ3n) is 3.57. The molecular formula is C14H19N5OS2. The lowest BCUT2D eigenvalue weighted by atomic mass is 10.2. The van der Waals surface area contributed by atoms with Crippen LogP contribution in [-0.2, 0) is 0 Å². The minimum Gasteiger partial charge on any atom is -0.359 e. The molecule has 0 radical (unpaired) electrons. The van der Waals surface area contributed by atoms with Gasteiger partial charge in [0.1, 0.15) is 10.7 Å². The van der Waals surface area contributed by atoms with Crippen molar-refractivity contribution in [2.24, 2.45) is 0 Å². The number of thiazole rings is 1. The topological polar surface area (TPSA) is 79.8 Å². The lowest BCUT2D eigenvalue weighted by Crippen LogP contribution is -2.15. The van der Waals surface area contributed by atoms with Gasteiger partial charge in [-0.15, -0.1) is 21.5 Å². The highest BCUT2D eigenvalue weighted by Gasteiger charge is 2.18. The number of anilines is 2. The van der Waals surface area contributed by atoms with E-state index in [2.05, 4.69) is 25.8 Å². The van der Waals surface area contributed by atoms with E-state index in [1.807, 2.05) is 13.8 Å². The van der Waals surface area contributed by atoms with Crippen LogP contribution in [0.5, 0.6) is 0 Å². The Bertz CT molecular complexity index is 645. The molecule has 0 saturated heterocycles. The summed E-state index contributed by atoms with van der Waals surface area (Å²) < 4.78 is 0. The van der Waals surface area contributed by atoms with E-state index in [0.717, 1.165) is 10.1 Å². The molecule has 0 atom stereocenters. The maximum Gasteiger partial charge on any atom is 0.277 e. The Morgan fingerprint density at radius 3 is 2.73 bits per heavy atom. The van der Waals surface area contributed by atoms with Crippen molar-refractivity contribution in [1.29, 1.82) is 0 Å². The normalized spacial score (nSPS) is 15.4. The molecule has 0 aliphatic heterocycles. The van der Waals surface area contributed by atoms with Gasteiger partial charge in [-0.3, -0.25) is 10.1 Å². The summed E-state index contributed by atoms with van der Waals surface area (Å²) in [5, 5.41) is 18.2. The molecule has 0 bridgehead atoms. The number of aromatic nitrogens is 3. The van der Waals surface area contributed by atoms with Crippen molar-refractivity contribution < 1.29 is 4.79 Å². The van der Waals surface area contributed by atoms with Crippen LogP contribution < -0.4 is 10.6 Å². The van der Waals surface area contributed by atoms with Gasteiger partial charge in [0.15, 0.2) is 5.13 Å². The van der Waals surface area contributed by atoms with Crippen LogP contribution in [0.2, 0.25) is 0 Å². The monoisotopic (exact) mass is 337 g/mol. The zero-order valence-corrected chi connectivity index (χ0v) is 14.3. The minimum atomic E-state index is -0.234. The summed E-state index contributed by atoms with van der Waals surface area (Å²) in [6.45, 7) is 4.10. The molecule has 1 fully saturated rings. The average Bonchev–Trinajstić information content (AvgIpc) is 3.19. The SMILES string of the molecule is CC(C)c1nnc(NC(=O)c2csc(NC3CCCC3)n2)s1. The van der Waals surface area contributed by atoms with E-state index in [4.69, 9.17) is 0 Å². The second-order valence-electron chi connectivity index (χ2n) is 5.72. The van der Waals surface area contributed by atoms with Gasteiger partial charge in [0.05, 0.1) is 0 Å². The van der Waals surface area contributed by atoms with Crippen molar-refractivity contribution in [3.8, 4) is 0 Å². The van der Waals surface area contributed by atoms with E-state index in [1.165, 1.54) is 48.4 Å². The summed E-state index contributed by atoms with van der Waals surface area (Å²) in [6.07, 6.45) is 4.91. The Morgan fingerprint density at radius 2 is 2.05 bits per heavy atom. The first-order valence-electron chi connectivity index (χ1n) is 7.48. The molecule has 1 aliphatic carbocycles. The number of carbonyl (C=O) groups excluding carboxylic acids is 1.